The number of hydrogen-bond donors (Lipinski definition) is 1. The summed E-state index contributed by atoms with van der Waals surface area (Å²) in [6, 6.07) is 13.9. The number of carbonyl (C=O) groups excluding carboxylic acids is 1. The molecule has 7 nitrogen and oxygen atoms in total. The van der Waals surface area contributed by atoms with E-state index < -0.39 is 10.0 Å². The fourth-order valence-corrected chi connectivity index (χ4v) is 5.56. The molecule has 2 aromatic carbocycles. The average Bonchev–Trinajstić information content (AvgIpc) is 2.79. The van der Waals surface area contributed by atoms with Gasteiger partial charge in [0.2, 0.25) is 15.9 Å². The zero-order chi connectivity index (χ0) is 23.3. The summed E-state index contributed by atoms with van der Waals surface area (Å²) < 4.78 is 32.6. The van der Waals surface area contributed by atoms with Gasteiger partial charge in [0, 0.05) is 36.1 Å². The number of methoxy groups -OCH3 is 1. The van der Waals surface area contributed by atoms with Gasteiger partial charge in [-0.1, -0.05) is 29.8 Å². The standard InChI is InChI=1S/C23H30ClN3O4S/c1-26(2)21(20-6-4-5-7-22(20)31-3)16-25-23(28)17-12-14-27(15-13-17)32(29,30)19-10-8-18(24)9-11-19/h4-11,17,21H,12-16H2,1-3H3,(H,25,28)/t21-/m0/s1. The van der Waals surface area contributed by atoms with Crippen molar-refractivity contribution in [1.82, 2.24) is 14.5 Å². The summed E-state index contributed by atoms with van der Waals surface area (Å²) >= 11 is 5.87. The van der Waals surface area contributed by atoms with Crippen LogP contribution in [0.1, 0.15) is 24.4 Å². The predicted octanol–water partition coefficient (Wildman–Crippen LogP) is 3.17. The fourth-order valence-electron chi connectivity index (χ4n) is 3.97. The maximum absolute atomic E-state index is 12.8. The van der Waals surface area contributed by atoms with E-state index in [0.29, 0.717) is 37.5 Å². The third-order valence-electron chi connectivity index (χ3n) is 5.87. The normalized spacial score (nSPS) is 16.7. The molecule has 1 heterocycles. The zero-order valence-corrected chi connectivity index (χ0v) is 20.2. The van der Waals surface area contributed by atoms with E-state index in [4.69, 9.17) is 16.3 Å². The lowest BCUT2D eigenvalue weighted by Crippen LogP contribution is -2.44. The number of amides is 1. The number of benzene rings is 2. The Kier molecular flexibility index (Phi) is 8.16. The largest absolute Gasteiger partial charge is 0.496 e. The Morgan fingerprint density at radius 2 is 1.78 bits per heavy atom. The van der Waals surface area contributed by atoms with E-state index in [1.807, 2.05) is 43.3 Å². The van der Waals surface area contributed by atoms with Gasteiger partial charge in [0.25, 0.3) is 0 Å². The topological polar surface area (TPSA) is 79.0 Å². The van der Waals surface area contributed by atoms with E-state index in [0.717, 1.165) is 11.3 Å². The highest BCUT2D eigenvalue weighted by molar-refractivity contribution is 7.89. The number of nitrogens with zero attached hydrogens (tertiary/aromatic N) is 2. The number of ether oxygens (including phenoxy) is 1. The van der Waals surface area contributed by atoms with Crippen LogP contribution >= 0.6 is 11.6 Å². The highest BCUT2D eigenvalue weighted by Gasteiger charge is 2.32. The molecule has 0 aliphatic carbocycles. The van der Waals surface area contributed by atoms with E-state index >= 15 is 0 Å². The molecular weight excluding hydrogens is 450 g/mol. The van der Waals surface area contributed by atoms with Crippen LogP contribution < -0.4 is 10.1 Å². The molecule has 0 unspecified atom stereocenters. The van der Waals surface area contributed by atoms with Crippen molar-refractivity contribution in [2.45, 2.75) is 23.8 Å². The SMILES string of the molecule is COc1ccccc1[C@H](CNC(=O)C1CCN(S(=O)(=O)c2ccc(Cl)cc2)CC1)N(C)C. The van der Waals surface area contributed by atoms with Crippen molar-refractivity contribution in [3.63, 3.8) is 0 Å². The van der Waals surface area contributed by atoms with Crippen molar-refractivity contribution in [3.05, 3.63) is 59.1 Å². The van der Waals surface area contributed by atoms with Crippen molar-refractivity contribution < 1.29 is 17.9 Å². The monoisotopic (exact) mass is 479 g/mol. The first-order chi connectivity index (χ1) is 15.2. The number of para-hydroxylation sites is 1. The molecule has 0 saturated carbocycles. The summed E-state index contributed by atoms with van der Waals surface area (Å²) in [5.41, 5.74) is 1.00. The molecule has 0 aromatic heterocycles. The number of hydrogen-bond acceptors (Lipinski definition) is 5. The molecule has 1 amide bonds. The Balaban J connectivity index is 1.58. The Morgan fingerprint density at radius 1 is 1.16 bits per heavy atom. The minimum absolute atomic E-state index is 0.0412. The minimum Gasteiger partial charge on any atom is -0.496 e. The van der Waals surface area contributed by atoms with Gasteiger partial charge in [-0.3, -0.25) is 4.79 Å². The lowest BCUT2D eigenvalue weighted by atomic mass is 9.97. The summed E-state index contributed by atoms with van der Waals surface area (Å²) in [4.78, 5) is 15.1. The second kappa shape index (κ2) is 10.7. The van der Waals surface area contributed by atoms with E-state index in [-0.39, 0.29) is 22.8 Å². The van der Waals surface area contributed by atoms with Crippen LogP contribution in [0.5, 0.6) is 5.75 Å². The summed E-state index contributed by atoms with van der Waals surface area (Å²) in [6.07, 6.45) is 0.972. The van der Waals surface area contributed by atoms with Crippen molar-refractivity contribution in [2.75, 3.05) is 40.8 Å². The molecule has 0 bridgehead atoms. The van der Waals surface area contributed by atoms with Crippen LogP contribution in [0.15, 0.2) is 53.4 Å². The molecule has 0 radical (unpaired) electrons. The maximum Gasteiger partial charge on any atom is 0.243 e. The molecule has 1 aliphatic rings. The van der Waals surface area contributed by atoms with Crippen LogP contribution in [-0.2, 0) is 14.8 Å². The third-order valence-corrected chi connectivity index (χ3v) is 8.03. The molecule has 174 valence electrons. The minimum atomic E-state index is -3.59. The Hall–Kier alpha value is -2.13. The highest BCUT2D eigenvalue weighted by Crippen LogP contribution is 2.28. The number of nitrogens with one attached hydrogen (secondary N) is 1. The number of sulfonamides is 1. The second-order valence-electron chi connectivity index (χ2n) is 8.10. The molecule has 32 heavy (non-hydrogen) atoms. The summed E-state index contributed by atoms with van der Waals surface area (Å²) in [7, 11) is 1.97. The van der Waals surface area contributed by atoms with E-state index in [1.54, 1.807) is 19.2 Å². The van der Waals surface area contributed by atoms with Gasteiger partial charge in [0.1, 0.15) is 5.75 Å². The van der Waals surface area contributed by atoms with E-state index in [9.17, 15) is 13.2 Å². The molecule has 1 atom stereocenters. The maximum atomic E-state index is 12.8. The first-order valence-corrected chi connectivity index (χ1v) is 12.4. The van der Waals surface area contributed by atoms with E-state index in [1.165, 1.54) is 16.4 Å². The smallest absolute Gasteiger partial charge is 0.243 e. The molecule has 2 aromatic rings. The summed E-state index contributed by atoms with van der Waals surface area (Å²) in [6.45, 7) is 1.06. The van der Waals surface area contributed by atoms with Crippen molar-refractivity contribution in [2.24, 2.45) is 5.92 Å². The third kappa shape index (κ3) is 5.61. The first-order valence-electron chi connectivity index (χ1n) is 10.6. The van der Waals surface area contributed by atoms with Crippen molar-refractivity contribution >= 4 is 27.5 Å². The lowest BCUT2D eigenvalue weighted by Gasteiger charge is -2.31. The number of halogens is 1. The number of piperidine rings is 1. The average molecular weight is 480 g/mol. The Morgan fingerprint density at radius 3 is 2.38 bits per heavy atom. The Labute approximate surface area is 195 Å². The van der Waals surface area contributed by atoms with Crippen LogP contribution in [0, 0.1) is 5.92 Å². The Bertz CT molecular complexity index is 1020. The van der Waals surface area contributed by atoms with Gasteiger partial charge in [-0.25, -0.2) is 8.42 Å². The quantitative estimate of drug-likeness (QED) is 0.629. The molecule has 1 fully saturated rings. The molecule has 1 saturated heterocycles. The van der Waals surface area contributed by atoms with Gasteiger partial charge >= 0.3 is 0 Å². The van der Waals surface area contributed by atoms with Crippen molar-refractivity contribution in [3.8, 4) is 5.75 Å². The predicted molar refractivity (Wildman–Crippen MR) is 125 cm³/mol. The van der Waals surface area contributed by atoms with Gasteiger partial charge in [-0.15, -0.1) is 0 Å². The van der Waals surface area contributed by atoms with Crippen LogP contribution in [-0.4, -0.2) is 64.4 Å². The molecule has 1 N–H and O–H groups in total. The number of rotatable bonds is 8. The summed E-state index contributed by atoms with van der Waals surface area (Å²) in [5, 5.41) is 3.55. The first kappa shape index (κ1) is 24.5. The summed E-state index contributed by atoms with van der Waals surface area (Å²) in [5.74, 6) is 0.517. The van der Waals surface area contributed by atoms with Crippen LogP contribution in [0.2, 0.25) is 5.02 Å². The molecule has 1 aliphatic heterocycles. The van der Waals surface area contributed by atoms with Gasteiger partial charge in [0.15, 0.2) is 0 Å². The number of carbonyl (C=O) groups is 1. The molecule has 0 spiro atoms. The van der Waals surface area contributed by atoms with Crippen LogP contribution in [0.25, 0.3) is 0 Å². The van der Waals surface area contributed by atoms with E-state index in [2.05, 4.69) is 5.32 Å². The van der Waals surface area contributed by atoms with Crippen LogP contribution in [0.3, 0.4) is 0 Å². The van der Waals surface area contributed by atoms with Crippen LogP contribution in [0.4, 0.5) is 0 Å². The van der Waals surface area contributed by atoms with Gasteiger partial charge in [-0.2, -0.15) is 4.31 Å². The second-order valence-corrected chi connectivity index (χ2v) is 10.5. The highest BCUT2D eigenvalue weighted by atomic mass is 35.5. The molecule has 9 heteroatoms. The van der Waals surface area contributed by atoms with Gasteiger partial charge < -0.3 is 15.0 Å². The number of likely N-dealkylation sites (N-methyl/N-ethyl adjacent to an activating group) is 1. The van der Waals surface area contributed by atoms with Crippen molar-refractivity contribution in [1.29, 1.82) is 0 Å². The zero-order valence-electron chi connectivity index (χ0n) is 18.6. The van der Waals surface area contributed by atoms with Gasteiger partial charge in [0.05, 0.1) is 18.0 Å². The molecule has 3 rings (SSSR count). The molecular formula is C23H30ClN3O4S. The fraction of sp³-hybridized carbons (Fsp3) is 0.435. The van der Waals surface area contributed by atoms with Gasteiger partial charge in [-0.05, 0) is 57.3 Å². The lowest BCUT2D eigenvalue weighted by molar-refractivity contribution is -0.126.